The van der Waals surface area contributed by atoms with E-state index in [0.717, 1.165) is 17.0 Å². The Bertz CT molecular complexity index is 793. The molecule has 0 spiro atoms. The van der Waals surface area contributed by atoms with Crippen LogP contribution >= 0.6 is 23.4 Å². The van der Waals surface area contributed by atoms with E-state index in [9.17, 15) is 0 Å². The first kappa shape index (κ1) is 14.9. The molecule has 3 aromatic rings. The Morgan fingerprint density at radius 2 is 2.09 bits per heavy atom. The Morgan fingerprint density at radius 1 is 1.27 bits per heavy atom. The van der Waals surface area contributed by atoms with E-state index in [1.54, 1.807) is 16.9 Å². The van der Waals surface area contributed by atoms with Gasteiger partial charge in [-0.15, -0.1) is 10.2 Å². The first-order valence-electron chi connectivity index (χ1n) is 6.52. The highest BCUT2D eigenvalue weighted by Gasteiger charge is 2.14. The standard InChI is InChI=1S/C13H14ClN7S/c1-8-5-9(2)21(19-8)12-17-18-13(20(12)15)22-7-10-3-4-11(14)16-6-10/h3-6H,7,15H2,1-2H3. The van der Waals surface area contributed by atoms with E-state index in [0.29, 0.717) is 22.0 Å². The van der Waals surface area contributed by atoms with Crippen LogP contribution < -0.4 is 5.84 Å². The van der Waals surface area contributed by atoms with E-state index < -0.39 is 0 Å². The number of halogens is 1. The summed E-state index contributed by atoms with van der Waals surface area (Å²) in [4.78, 5) is 4.04. The van der Waals surface area contributed by atoms with E-state index in [1.165, 1.54) is 16.4 Å². The molecule has 0 atom stereocenters. The number of hydrogen-bond donors (Lipinski definition) is 1. The average molecular weight is 336 g/mol. The van der Waals surface area contributed by atoms with Crippen LogP contribution in [0.1, 0.15) is 17.0 Å². The summed E-state index contributed by atoms with van der Waals surface area (Å²) in [5.41, 5.74) is 2.89. The van der Waals surface area contributed by atoms with Gasteiger partial charge in [-0.2, -0.15) is 5.10 Å². The molecule has 0 fully saturated rings. The second-order valence-electron chi connectivity index (χ2n) is 4.77. The minimum absolute atomic E-state index is 0.475. The molecule has 0 radical (unpaired) electrons. The van der Waals surface area contributed by atoms with Crippen LogP contribution in [-0.2, 0) is 5.75 Å². The molecule has 9 heteroatoms. The van der Waals surface area contributed by atoms with Gasteiger partial charge in [0.05, 0.1) is 5.69 Å². The molecular weight excluding hydrogens is 322 g/mol. The second kappa shape index (κ2) is 5.98. The Kier molecular flexibility index (Phi) is 4.04. The lowest BCUT2D eigenvalue weighted by atomic mass is 10.3. The van der Waals surface area contributed by atoms with E-state index in [-0.39, 0.29) is 0 Å². The van der Waals surface area contributed by atoms with Crippen LogP contribution in [0, 0.1) is 13.8 Å². The van der Waals surface area contributed by atoms with Gasteiger partial charge < -0.3 is 5.84 Å². The monoisotopic (exact) mass is 335 g/mol. The van der Waals surface area contributed by atoms with E-state index in [2.05, 4.69) is 20.3 Å². The summed E-state index contributed by atoms with van der Waals surface area (Å²) >= 11 is 7.24. The van der Waals surface area contributed by atoms with Crippen molar-refractivity contribution in [1.82, 2.24) is 29.6 Å². The van der Waals surface area contributed by atoms with Gasteiger partial charge >= 0.3 is 0 Å². The molecule has 3 heterocycles. The van der Waals surface area contributed by atoms with Gasteiger partial charge in [-0.25, -0.2) is 14.3 Å². The van der Waals surface area contributed by atoms with E-state index in [4.69, 9.17) is 17.4 Å². The van der Waals surface area contributed by atoms with Gasteiger partial charge in [0.1, 0.15) is 5.15 Å². The predicted molar refractivity (Wildman–Crippen MR) is 85.6 cm³/mol. The number of thioether (sulfide) groups is 1. The Hall–Kier alpha value is -2.06. The lowest BCUT2D eigenvalue weighted by Crippen LogP contribution is -2.17. The number of nitrogen functional groups attached to an aromatic ring is 1. The van der Waals surface area contributed by atoms with E-state index in [1.807, 2.05) is 26.0 Å². The van der Waals surface area contributed by atoms with Gasteiger partial charge in [-0.05, 0) is 31.5 Å². The third kappa shape index (κ3) is 2.93. The summed E-state index contributed by atoms with van der Waals surface area (Å²) in [5, 5.41) is 13.7. The lowest BCUT2D eigenvalue weighted by molar-refractivity contribution is 0.727. The van der Waals surface area contributed by atoms with Gasteiger partial charge in [0.25, 0.3) is 5.95 Å². The van der Waals surface area contributed by atoms with Gasteiger partial charge in [0, 0.05) is 17.6 Å². The number of nitrogens with zero attached hydrogens (tertiary/aromatic N) is 6. The molecule has 0 bridgehead atoms. The maximum atomic E-state index is 6.08. The SMILES string of the molecule is Cc1cc(C)n(-c2nnc(SCc3ccc(Cl)nc3)n2N)n1. The Labute approximate surface area is 136 Å². The van der Waals surface area contributed by atoms with Crippen LogP contribution in [-0.4, -0.2) is 29.6 Å². The molecule has 114 valence electrons. The Morgan fingerprint density at radius 3 is 2.73 bits per heavy atom. The van der Waals surface area contributed by atoms with Crippen LogP contribution in [0.15, 0.2) is 29.6 Å². The van der Waals surface area contributed by atoms with Crippen molar-refractivity contribution in [2.45, 2.75) is 24.8 Å². The first-order chi connectivity index (χ1) is 10.5. The number of hydrogen-bond acceptors (Lipinski definition) is 6. The van der Waals surface area contributed by atoms with Crippen molar-refractivity contribution >= 4 is 23.4 Å². The van der Waals surface area contributed by atoms with Crippen LogP contribution in [0.25, 0.3) is 5.95 Å². The summed E-state index contributed by atoms with van der Waals surface area (Å²) in [6.45, 7) is 3.87. The number of aromatic nitrogens is 6. The minimum atomic E-state index is 0.475. The molecule has 0 amide bonds. The summed E-state index contributed by atoms with van der Waals surface area (Å²) in [5.74, 6) is 7.24. The normalized spacial score (nSPS) is 11.0. The number of aryl methyl sites for hydroxylation is 2. The highest BCUT2D eigenvalue weighted by Crippen LogP contribution is 2.22. The van der Waals surface area contributed by atoms with Gasteiger partial charge in [-0.3, -0.25) is 0 Å². The highest BCUT2D eigenvalue weighted by atomic mass is 35.5. The van der Waals surface area contributed by atoms with Crippen LogP contribution in [0.3, 0.4) is 0 Å². The summed E-state index contributed by atoms with van der Waals surface area (Å²) in [6.07, 6.45) is 1.73. The number of nitrogens with two attached hydrogens (primary N) is 1. The van der Waals surface area contributed by atoms with Crippen molar-refractivity contribution < 1.29 is 0 Å². The number of pyridine rings is 1. The fourth-order valence-electron chi connectivity index (χ4n) is 1.98. The molecule has 0 saturated carbocycles. The molecule has 0 aliphatic rings. The quantitative estimate of drug-likeness (QED) is 0.446. The second-order valence-corrected chi connectivity index (χ2v) is 6.10. The zero-order valence-corrected chi connectivity index (χ0v) is 13.6. The maximum Gasteiger partial charge on any atom is 0.271 e. The predicted octanol–water partition coefficient (Wildman–Crippen LogP) is 2.14. The summed E-state index contributed by atoms with van der Waals surface area (Å²) in [7, 11) is 0. The van der Waals surface area contributed by atoms with Crippen LogP contribution in [0.5, 0.6) is 0 Å². The van der Waals surface area contributed by atoms with Crippen molar-refractivity contribution in [1.29, 1.82) is 0 Å². The maximum absolute atomic E-state index is 6.08. The molecule has 3 aromatic heterocycles. The summed E-state index contributed by atoms with van der Waals surface area (Å²) < 4.78 is 3.11. The molecule has 0 aliphatic heterocycles. The molecule has 22 heavy (non-hydrogen) atoms. The fourth-order valence-corrected chi connectivity index (χ4v) is 2.88. The van der Waals surface area contributed by atoms with Crippen molar-refractivity contribution in [2.24, 2.45) is 0 Å². The molecule has 7 nitrogen and oxygen atoms in total. The van der Waals surface area contributed by atoms with E-state index >= 15 is 0 Å². The van der Waals surface area contributed by atoms with Gasteiger partial charge in [0.15, 0.2) is 0 Å². The van der Waals surface area contributed by atoms with Crippen molar-refractivity contribution in [3.8, 4) is 5.95 Å². The zero-order chi connectivity index (χ0) is 15.7. The highest BCUT2D eigenvalue weighted by molar-refractivity contribution is 7.98. The molecule has 2 N–H and O–H groups in total. The molecule has 0 aromatic carbocycles. The largest absolute Gasteiger partial charge is 0.334 e. The molecule has 0 aliphatic carbocycles. The smallest absolute Gasteiger partial charge is 0.271 e. The molecular formula is C13H14ClN7S. The molecule has 3 rings (SSSR count). The third-order valence-corrected chi connectivity index (χ3v) is 4.24. The molecule has 0 saturated heterocycles. The summed E-state index contributed by atoms with van der Waals surface area (Å²) in [6, 6.07) is 5.63. The first-order valence-corrected chi connectivity index (χ1v) is 7.88. The van der Waals surface area contributed by atoms with Crippen molar-refractivity contribution in [3.63, 3.8) is 0 Å². The fraction of sp³-hybridized carbons (Fsp3) is 0.231. The van der Waals surface area contributed by atoms with Crippen LogP contribution in [0.4, 0.5) is 0 Å². The zero-order valence-electron chi connectivity index (χ0n) is 12.1. The van der Waals surface area contributed by atoms with Gasteiger partial charge in [-0.1, -0.05) is 29.4 Å². The topological polar surface area (TPSA) is 87.4 Å². The van der Waals surface area contributed by atoms with Crippen molar-refractivity contribution in [3.05, 3.63) is 46.5 Å². The Balaban J connectivity index is 1.79. The average Bonchev–Trinajstić information content (AvgIpc) is 3.01. The third-order valence-electron chi connectivity index (χ3n) is 3.00. The molecule has 0 unspecified atom stereocenters. The van der Waals surface area contributed by atoms with Crippen molar-refractivity contribution in [2.75, 3.05) is 5.84 Å². The number of rotatable bonds is 4. The van der Waals surface area contributed by atoms with Gasteiger partial charge in [0.2, 0.25) is 5.16 Å². The lowest BCUT2D eigenvalue weighted by Gasteiger charge is -2.04. The van der Waals surface area contributed by atoms with Crippen LogP contribution in [0.2, 0.25) is 5.15 Å². The minimum Gasteiger partial charge on any atom is -0.334 e.